The molecule has 1 saturated heterocycles. The maximum atomic E-state index is 13.2. The summed E-state index contributed by atoms with van der Waals surface area (Å²) in [5.41, 5.74) is 3.69. The van der Waals surface area contributed by atoms with Gasteiger partial charge in [0.25, 0.3) is 0 Å². The molecule has 0 spiro atoms. The molecule has 4 unspecified atom stereocenters. The second-order valence-electron chi connectivity index (χ2n) is 9.24. The third-order valence-electron chi connectivity index (χ3n) is 6.19. The van der Waals surface area contributed by atoms with Crippen molar-refractivity contribution in [3.63, 3.8) is 0 Å². The lowest BCUT2D eigenvalue weighted by atomic mass is 9.66. The van der Waals surface area contributed by atoms with Crippen LogP contribution in [0, 0.1) is 11.3 Å². The van der Waals surface area contributed by atoms with Crippen molar-refractivity contribution in [2.24, 2.45) is 11.3 Å². The first-order chi connectivity index (χ1) is 13.7. The summed E-state index contributed by atoms with van der Waals surface area (Å²) in [5, 5.41) is 10.1. The Morgan fingerprint density at radius 2 is 1.76 bits per heavy atom. The van der Waals surface area contributed by atoms with E-state index in [1.165, 1.54) is 0 Å². The average Bonchev–Trinajstić information content (AvgIpc) is 2.65. The third kappa shape index (κ3) is 3.66. The molecule has 3 aliphatic rings. The molecular weight excluding hydrogens is 384 g/mol. The molecule has 1 aliphatic carbocycles. The van der Waals surface area contributed by atoms with Gasteiger partial charge in [-0.15, -0.1) is 11.8 Å². The molecule has 1 amide bonds. The Kier molecular flexibility index (Phi) is 5.15. The fourth-order valence-corrected chi connectivity index (χ4v) is 5.35. The number of Topliss-reactive ketones (excluding diaryl/α,β-unsaturated/α-hetero) is 1. The summed E-state index contributed by atoms with van der Waals surface area (Å²) >= 11 is 1.57. The minimum absolute atomic E-state index is 0.00790. The molecule has 2 aliphatic heterocycles. The van der Waals surface area contributed by atoms with Crippen LogP contribution in [0.2, 0.25) is 0 Å². The molecule has 4 rings (SSSR count). The Labute approximate surface area is 176 Å². The standard InChI is InChI=1S/C22H30N4O2S/c1-22(2)10-14-17(15(27)11-22)16(12-6-8-13(9-7-12)26(3)4)18-19(23-14)24-21(29-5)25-20(18)28/h6-9,16,18-19,21,23-24H,10-11H2,1-5H3,(H,25,28). The third-order valence-corrected chi connectivity index (χ3v) is 6.92. The highest BCUT2D eigenvalue weighted by Gasteiger charge is 2.50. The Morgan fingerprint density at radius 1 is 1.07 bits per heavy atom. The van der Waals surface area contributed by atoms with Gasteiger partial charge in [0.2, 0.25) is 5.91 Å². The zero-order valence-corrected chi connectivity index (χ0v) is 18.5. The van der Waals surface area contributed by atoms with E-state index < -0.39 is 0 Å². The normalized spacial score (nSPS) is 30.8. The molecule has 29 heavy (non-hydrogen) atoms. The van der Waals surface area contributed by atoms with E-state index in [-0.39, 0.29) is 40.6 Å². The van der Waals surface area contributed by atoms with Gasteiger partial charge in [-0.3, -0.25) is 14.9 Å². The highest BCUT2D eigenvalue weighted by Crippen LogP contribution is 2.47. The topological polar surface area (TPSA) is 73.5 Å². The van der Waals surface area contributed by atoms with Crippen molar-refractivity contribution in [2.75, 3.05) is 25.3 Å². The molecule has 0 aromatic heterocycles. The number of carbonyl (C=O) groups excluding carboxylic acids is 2. The van der Waals surface area contributed by atoms with Gasteiger partial charge in [-0.2, -0.15) is 0 Å². The van der Waals surface area contributed by atoms with Crippen LogP contribution in [0.4, 0.5) is 5.69 Å². The summed E-state index contributed by atoms with van der Waals surface area (Å²) in [6, 6.07) is 8.24. The van der Waals surface area contributed by atoms with Gasteiger partial charge in [-0.25, -0.2) is 0 Å². The predicted octanol–water partition coefficient (Wildman–Crippen LogP) is 2.39. The molecule has 6 nitrogen and oxygen atoms in total. The number of anilines is 1. The fourth-order valence-electron chi connectivity index (χ4n) is 4.83. The van der Waals surface area contributed by atoms with Crippen molar-refractivity contribution in [3.05, 3.63) is 41.1 Å². The first-order valence-corrected chi connectivity index (χ1v) is 11.4. The number of amides is 1. The summed E-state index contributed by atoms with van der Waals surface area (Å²) in [6.45, 7) is 4.27. The lowest BCUT2D eigenvalue weighted by Gasteiger charge is -2.48. The molecule has 2 heterocycles. The monoisotopic (exact) mass is 414 g/mol. The van der Waals surface area contributed by atoms with E-state index in [1.807, 2.05) is 25.3 Å². The van der Waals surface area contributed by atoms with E-state index in [0.717, 1.165) is 28.9 Å². The van der Waals surface area contributed by atoms with Gasteiger partial charge in [0, 0.05) is 43.4 Å². The second kappa shape index (κ2) is 7.36. The number of nitrogens with one attached hydrogen (secondary N) is 3. The number of nitrogens with zero attached hydrogens (tertiary/aromatic N) is 1. The summed E-state index contributed by atoms with van der Waals surface area (Å²) in [4.78, 5) is 28.4. The number of allylic oxidation sites excluding steroid dienone is 2. The predicted molar refractivity (Wildman–Crippen MR) is 118 cm³/mol. The van der Waals surface area contributed by atoms with Crippen LogP contribution >= 0.6 is 11.8 Å². The van der Waals surface area contributed by atoms with E-state index in [9.17, 15) is 9.59 Å². The van der Waals surface area contributed by atoms with Crippen molar-refractivity contribution >= 4 is 29.1 Å². The smallest absolute Gasteiger partial charge is 0.229 e. The molecule has 1 aromatic carbocycles. The Hall–Kier alpha value is -1.99. The molecule has 7 heteroatoms. The highest BCUT2D eigenvalue weighted by atomic mass is 32.2. The lowest BCUT2D eigenvalue weighted by Crippen LogP contribution is -2.68. The van der Waals surface area contributed by atoms with Gasteiger partial charge < -0.3 is 15.5 Å². The first-order valence-electron chi connectivity index (χ1n) is 10.1. The van der Waals surface area contributed by atoms with Crippen LogP contribution in [0.3, 0.4) is 0 Å². The van der Waals surface area contributed by atoms with Crippen molar-refractivity contribution in [1.82, 2.24) is 16.0 Å². The zero-order valence-electron chi connectivity index (χ0n) is 17.7. The molecule has 3 N–H and O–H groups in total. The van der Waals surface area contributed by atoms with Crippen LogP contribution in [0.5, 0.6) is 0 Å². The quantitative estimate of drug-likeness (QED) is 0.705. The van der Waals surface area contributed by atoms with Crippen LogP contribution in [0.1, 0.15) is 38.2 Å². The molecule has 0 saturated carbocycles. The number of fused-ring (bicyclic) bond motifs is 1. The molecular formula is C22H30N4O2S. The van der Waals surface area contributed by atoms with Crippen LogP contribution in [-0.4, -0.2) is 43.7 Å². The number of hydrogen-bond acceptors (Lipinski definition) is 6. The molecule has 0 bridgehead atoms. The number of benzene rings is 1. The number of hydrogen-bond donors (Lipinski definition) is 3. The van der Waals surface area contributed by atoms with Crippen LogP contribution in [0.25, 0.3) is 0 Å². The minimum Gasteiger partial charge on any atom is -0.378 e. The highest BCUT2D eigenvalue weighted by molar-refractivity contribution is 7.99. The largest absolute Gasteiger partial charge is 0.378 e. The van der Waals surface area contributed by atoms with Gasteiger partial charge in [0.15, 0.2) is 5.78 Å². The molecule has 1 aromatic rings. The van der Waals surface area contributed by atoms with Gasteiger partial charge in [0.1, 0.15) is 5.50 Å². The Morgan fingerprint density at radius 3 is 2.38 bits per heavy atom. The van der Waals surface area contributed by atoms with E-state index in [2.05, 4.69) is 54.1 Å². The van der Waals surface area contributed by atoms with Crippen molar-refractivity contribution in [3.8, 4) is 0 Å². The van der Waals surface area contributed by atoms with Crippen molar-refractivity contribution in [2.45, 2.75) is 44.3 Å². The maximum Gasteiger partial charge on any atom is 0.229 e. The summed E-state index contributed by atoms with van der Waals surface area (Å²) < 4.78 is 0. The second-order valence-corrected chi connectivity index (χ2v) is 10.2. The Balaban J connectivity index is 1.81. The van der Waals surface area contributed by atoms with Gasteiger partial charge in [0.05, 0.1) is 12.1 Å². The molecule has 156 valence electrons. The Bertz CT molecular complexity index is 862. The van der Waals surface area contributed by atoms with E-state index >= 15 is 0 Å². The van der Waals surface area contributed by atoms with Crippen LogP contribution < -0.4 is 20.9 Å². The lowest BCUT2D eigenvalue weighted by molar-refractivity contribution is -0.130. The maximum absolute atomic E-state index is 13.2. The minimum atomic E-state index is -0.368. The van der Waals surface area contributed by atoms with Crippen LogP contribution in [-0.2, 0) is 9.59 Å². The number of ketones is 1. The van der Waals surface area contributed by atoms with Gasteiger partial charge in [-0.05, 0) is 35.8 Å². The number of carbonyl (C=O) groups is 2. The summed E-state index contributed by atoms with van der Waals surface area (Å²) in [6.07, 6.45) is 3.10. The molecule has 1 fully saturated rings. The van der Waals surface area contributed by atoms with Crippen LogP contribution in [0.15, 0.2) is 35.5 Å². The van der Waals surface area contributed by atoms with Gasteiger partial charge in [-0.1, -0.05) is 26.0 Å². The number of rotatable bonds is 3. The first kappa shape index (κ1) is 20.3. The molecule has 0 radical (unpaired) electrons. The fraction of sp³-hybridized carbons (Fsp3) is 0.545. The number of thioether (sulfide) groups is 1. The van der Waals surface area contributed by atoms with E-state index in [0.29, 0.717) is 6.42 Å². The SMILES string of the molecule is CSC1NC(=O)C2C(NC3=C(C(=O)CC(C)(C)C3)C2c2ccc(N(C)C)cc2)N1. The summed E-state index contributed by atoms with van der Waals surface area (Å²) in [7, 11) is 4.01. The zero-order chi connectivity index (χ0) is 20.9. The van der Waals surface area contributed by atoms with Crippen molar-refractivity contribution in [1.29, 1.82) is 0 Å². The van der Waals surface area contributed by atoms with Gasteiger partial charge >= 0.3 is 0 Å². The van der Waals surface area contributed by atoms with Crippen molar-refractivity contribution < 1.29 is 9.59 Å². The molecule has 4 atom stereocenters. The van der Waals surface area contributed by atoms with E-state index in [1.54, 1.807) is 11.8 Å². The summed E-state index contributed by atoms with van der Waals surface area (Å²) in [5.74, 6) is -0.464. The van der Waals surface area contributed by atoms with E-state index in [4.69, 9.17) is 0 Å². The average molecular weight is 415 g/mol.